The number of amides is 2. The van der Waals surface area contributed by atoms with Gasteiger partial charge in [-0.3, -0.25) is 9.59 Å². The normalized spacial score (nSPS) is 17.3. The molecule has 2 amide bonds. The van der Waals surface area contributed by atoms with Crippen LogP contribution in [0.4, 0.5) is 0 Å². The molecule has 0 spiro atoms. The van der Waals surface area contributed by atoms with Crippen LogP contribution in [0.5, 0.6) is 0 Å². The largest absolute Gasteiger partial charge is 0.345 e. The lowest BCUT2D eigenvalue weighted by Gasteiger charge is -2.23. The van der Waals surface area contributed by atoms with E-state index < -0.39 is 6.04 Å². The summed E-state index contributed by atoms with van der Waals surface area (Å²) in [5, 5.41) is 11.3. The van der Waals surface area contributed by atoms with Crippen LogP contribution >= 0.6 is 0 Å². The van der Waals surface area contributed by atoms with Crippen LogP contribution in [-0.2, 0) is 9.59 Å². The van der Waals surface area contributed by atoms with E-state index in [9.17, 15) is 9.59 Å². The maximum absolute atomic E-state index is 11.9. The fourth-order valence-electron chi connectivity index (χ4n) is 2.53. The summed E-state index contributed by atoms with van der Waals surface area (Å²) in [4.78, 5) is 25.0. The van der Waals surface area contributed by atoms with Crippen LogP contribution < -0.4 is 5.32 Å². The van der Waals surface area contributed by atoms with Crippen LogP contribution in [0.25, 0.3) is 0 Å². The van der Waals surface area contributed by atoms with Gasteiger partial charge in [0.25, 0.3) is 0 Å². The molecular formula is C14H23N3O2. The third-order valence-corrected chi connectivity index (χ3v) is 3.63. The first-order chi connectivity index (χ1) is 9.04. The summed E-state index contributed by atoms with van der Waals surface area (Å²) in [6.07, 6.45) is 6.42. The van der Waals surface area contributed by atoms with E-state index >= 15 is 0 Å². The van der Waals surface area contributed by atoms with E-state index in [4.69, 9.17) is 5.26 Å². The van der Waals surface area contributed by atoms with Crippen LogP contribution in [-0.4, -0.2) is 36.3 Å². The number of hydrogen-bond donors (Lipinski definition) is 1. The second-order valence-electron chi connectivity index (χ2n) is 5.35. The predicted molar refractivity (Wildman–Crippen MR) is 72.0 cm³/mol. The quantitative estimate of drug-likeness (QED) is 0.764. The van der Waals surface area contributed by atoms with Gasteiger partial charge in [-0.2, -0.15) is 5.26 Å². The average Bonchev–Trinajstić information content (AvgIpc) is 2.39. The summed E-state index contributed by atoms with van der Waals surface area (Å²) in [7, 11) is 1.56. The molecular weight excluding hydrogens is 242 g/mol. The Labute approximate surface area is 115 Å². The molecule has 0 radical (unpaired) electrons. The Kier molecular flexibility index (Phi) is 6.34. The average molecular weight is 265 g/mol. The topological polar surface area (TPSA) is 73.2 Å². The highest BCUT2D eigenvalue weighted by Gasteiger charge is 2.22. The van der Waals surface area contributed by atoms with E-state index in [-0.39, 0.29) is 18.4 Å². The summed E-state index contributed by atoms with van der Waals surface area (Å²) in [5.41, 5.74) is 0. The fraction of sp³-hybridized carbons (Fsp3) is 0.786. The molecule has 0 bridgehead atoms. The molecule has 1 saturated carbocycles. The minimum atomic E-state index is -0.561. The van der Waals surface area contributed by atoms with E-state index in [0.717, 1.165) is 12.8 Å². The molecule has 0 aliphatic heterocycles. The molecule has 1 rings (SSSR count). The molecule has 106 valence electrons. The Hall–Kier alpha value is -1.57. The van der Waals surface area contributed by atoms with Gasteiger partial charge in [0.15, 0.2) is 0 Å². The molecule has 0 saturated heterocycles. The molecule has 0 aromatic carbocycles. The summed E-state index contributed by atoms with van der Waals surface area (Å²) < 4.78 is 0. The molecule has 5 heteroatoms. The Bertz CT molecular complexity index is 356. The zero-order valence-electron chi connectivity index (χ0n) is 11.8. The van der Waals surface area contributed by atoms with E-state index in [1.807, 2.05) is 6.07 Å². The van der Waals surface area contributed by atoms with Crippen LogP contribution in [0.15, 0.2) is 0 Å². The third-order valence-electron chi connectivity index (χ3n) is 3.63. The number of hydrogen-bond acceptors (Lipinski definition) is 3. The van der Waals surface area contributed by atoms with E-state index in [1.165, 1.54) is 24.2 Å². The van der Waals surface area contributed by atoms with Gasteiger partial charge in [-0.25, -0.2) is 0 Å². The van der Waals surface area contributed by atoms with Crippen molar-refractivity contribution >= 4 is 11.8 Å². The summed E-state index contributed by atoms with van der Waals surface area (Å²) >= 11 is 0. The van der Waals surface area contributed by atoms with Crippen LogP contribution in [0.1, 0.15) is 45.4 Å². The van der Waals surface area contributed by atoms with Gasteiger partial charge < -0.3 is 10.2 Å². The van der Waals surface area contributed by atoms with Gasteiger partial charge in [0.1, 0.15) is 12.6 Å². The minimum Gasteiger partial charge on any atom is -0.345 e. The zero-order chi connectivity index (χ0) is 14.3. The number of nitrogens with one attached hydrogen (secondary N) is 1. The third kappa shape index (κ3) is 5.29. The lowest BCUT2D eigenvalue weighted by atomic mass is 9.87. The molecule has 0 heterocycles. The van der Waals surface area contributed by atoms with Crippen LogP contribution in [0, 0.1) is 17.2 Å². The Balaban J connectivity index is 2.34. The van der Waals surface area contributed by atoms with Crippen LogP contribution in [0.3, 0.4) is 0 Å². The molecule has 1 atom stereocenters. The fourth-order valence-corrected chi connectivity index (χ4v) is 2.53. The van der Waals surface area contributed by atoms with Gasteiger partial charge >= 0.3 is 0 Å². The van der Waals surface area contributed by atoms with Crippen molar-refractivity contribution in [3.8, 4) is 6.07 Å². The summed E-state index contributed by atoms with van der Waals surface area (Å²) in [6, 6.07) is 1.35. The van der Waals surface area contributed by atoms with Gasteiger partial charge in [-0.1, -0.05) is 19.3 Å². The van der Waals surface area contributed by atoms with Gasteiger partial charge in [-0.05, 0) is 25.7 Å². The van der Waals surface area contributed by atoms with Gasteiger partial charge in [-0.15, -0.1) is 0 Å². The number of nitriles is 1. The van der Waals surface area contributed by atoms with Crippen molar-refractivity contribution in [3.63, 3.8) is 0 Å². The Morgan fingerprint density at radius 3 is 2.58 bits per heavy atom. The lowest BCUT2D eigenvalue weighted by Crippen LogP contribution is -2.46. The SMILES string of the molecule is CC(NC(=O)CC1CCCCC1)C(=O)N(C)CC#N. The van der Waals surface area contributed by atoms with Gasteiger partial charge in [0.2, 0.25) is 11.8 Å². The molecule has 5 nitrogen and oxygen atoms in total. The lowest BCUT2D eigenvalue weighted by molar-refractivity contribution is -0.134. The van der Waals surface area contributed by atoms with Crippen molar-refractivity contribution in [2.24, 2.45) is 5.92 Å². The maximum atomic E-state index is 11.9. The van der Waals surface area contributed by atoms with E-state index in [2.05, 4.69) is 5.32 Å². The monoisotopic (exact) mass is 265 g/mol. The first-order valence-corrected chi connectivity index (χ1v) is 6.96. The molecule has 1 aliphatic carbocycles. The number of nitrogens with zero attached hydrogens (tertiary/aromatic N) is 2. The first kappa shape index (κ1) is 15.5. The number of carbonyl (C=O) groups is 2. The molecule has 19 heavy (non-hydrogen) atoms. The smallest absolute Gasteiger partial charge is 0.245 e. The molecule has 1 aliphatic rings. The van der Waals surface area contributed by atoms with Crippen molar-refractivity contribution in [2.45, 2.75) is 51.5 Å². The maximum Gasteiger partial charge on any atom is 0.245 e. The molecule has 0 aromatic rings. The van der Waals surface area contributed by atoms with Crippen molar-refractivity contribution < 1.29 is 9.59 Å². The number of likely N-dealkylation sites (N-methyl/N-ethyl adjacent to an activating group) is 1. The Morgan fingerprint density at radius 1 is 1.37 bits per heavy atom. The molecule has 1 unspecified atom stereocenters. The predicted octanol–water partition coefficient (Wildman–Crippen LogP) is 1.44. The van der Waals surface area contributed by atoms with Gasteiger partial charge in [0, 0.05) is 13.5 Å². The zero-order valence-corrected chi connectivity index (χ0v) is 11.8. The van der Waals surface area contributed by atoms with Crippen molar-refractivity contribution in [1.82, 2.24) is 10.2 Å². The molecule has 1 N–H and O–H groups in total. The highest BCUT2D eigenvalue weighted by atomic mass is 16.2. The van der Waals surface area contributed by atoms with Crippen molar-refractivity contribution in [2.75, 3.05) is 13.6 Å². The van der Waals surface area contributed by atoms with E-state index in [0.29, 0.717) is 12.3 Å². The number of rotatable bonds is 5. The van der Waals surface area contributed by atoms with Gasteiger partial charge in [0.05, 0.1) is 6.07 Å². The van der Waals surface area contributed by atoms with E-state index in [1.54, 1.807) is 14.0 Å². The first-order valence-electron chi connectivity index (χ1n) is 6.96. The standard InChI is InChI=1S/C14H23N3O2/c1-11(14(19)17(2)9-8-15)16-13(18)10-12-6-4-3-5-7-12/h11-12H,3-7,9-10H2,1-2H3,(H,16,18). The molecule has 0 aromatic heterocycles. The van der Waals surface area contributed by atoms with Crippen molar-refractivity contribution in [1.29, 1.82) is 5.26 Å². The highest BCUT2D eigenvalue weighted by molar-refractivity contribution is 5.87. The highest BCUT2D eigenvalue weighted by Crippen LogP contribution is 2.26. The minimum absolute atomic E-state index is 0.0433. The Morgan fingerprint density at radius 2 is 2.00 bits per heavy atom. The second-order valence-corrected chi connectivity index (χ2v) is 5.35. The second kappa shape index (κ2) is 7.78. The van der Waals surface area contributed by atoms with Crippen LogP contribution in [0.2, 0.25) is 0 Å². The molecule has 1 fully saturated rings. The summed E-state index contributed by atoms with van der Waals surface area (Å²) in [6.45, 7) is 1.71. The van der Waals surface area contributed by atoms with Crippen molar-refractivity contribution in [3.05, 3.63) is 0 Å². The summed E-state index contributed by atoms with van der Waals surface area (Å²) in [5.74, 6) is 0.185. The number of carbonyl (C=O) groups excluding carboxylic acids is 2.